The Morgan fingerprint density at radius 1 is 1.43 bits per heavy atom. The highest BCUT2D eigenvalue weighted by Gasteiger charge is 2.30. The summed E-state index contributed by atoms with van der Waals surface area (Å²) in [5.74, 6) is -0.590. The number of nitrogens with zero attached hydrogens (tertiary/aromatic N) is 1. The third-order valence-corrected chi connectivity index (χ3v) is 4.41. The van der Waals surface area contributed by atoms with Gasteiger partial charge in [0.15, 0.2) is 0 Å². The molecule has 0 saturated carbocycles. The number of hydrogen-bond donors (Lipinski definition) is 3. The van der Waals surface area contributed by atoms with Crippen molar-refractivity contribution in [1.29, 1.82) is 0 Å². The van der Waals surface area contributed by atoms with E-state index in [1.54, 1.807) is 0 Å². The summed E-state index contributed by atoms with van der Waals surface area (Å²) in [5.41, 5.74) is 0. The Kier molecular flexibility index (Phi) is 4.53. The highest BCUT2D eigenvalue weighted by Crippen LogP contribution is 2.15. The monoisotopic (exact) mass is 312 g/mol. The number of sulfonamides is 1. The second kappa shape index (κ2) is 6.19. The zero-order chi connectivity index (χ0) is 15.5. The Balaban J connectivity index is 2.16. The van der Waals surface area contributed by atoms with Crippen molar-refractivity contribution < 1.29 is 18.0 Å². The van der Waals surface area contributed by atoms with Crippen molar-refractivity contribution in [3.8, 4) is 0 Å². The first-order valence-electron chi connectivity index (χ1n) is 6.48. The Labute approximate surface area is 122 Å². The molecule has 8 nitrogen and oxygen atoms in total. The van der Waals surface area contributed by atoms with Gasteiger partial charge in [0.05, 0.1) is 4.90 Å². The molecule has 1 aromatic heterocycles. The van der Waals surface area contributed by atoms with Crippen LogP contribution in [0.3, 0.4) is 0 Å². The predicted molar refractivity (Wildman–Crippen MR) is 74.9 cm³/mol. The van der Waals surface area contributed by atoms with E-state index in [9.17, 15) is 18.0 Å². The summed E-state index contributed by atoms with van der Waals surface area (Å²) in [6.07, 6.45) is 1.63. The number of aromatic nitrogens is 1. The molecule has 0 aromatic carbocycles. The van der Waals surface area contributed by atoms with E-state index in [2.05, 4.69) is 20.3 Å². The summed E-state index contributed by atoms with van der Waals surface area (Å²) < 4.78 is 26.8. The van der Waals surface area contributed by atoms with Crippen LogP contribution in [0.25, 0.3) is 0 Å². The van der Waals surface area contributed by atoms with Gasteiger partial charge in [-0.15, -0.1) is 0 Å². The molecule has 9 heteroatoms. The van der Waals surface area contributed by atoms with E-state index in [0.29, 0.717) is 12.4 Å². The number of rotatable bonds is 5. The number of carbonyl (C=O) groups is 2. The first-order valence-corrected chi connectivity index (χ1v) is 7.96. The zero-order valence-corrected chi connectivity index (χ0v) is 12.2. The normalized spacial score (nSPS) is 19.2. The number of nitrogens with one attached hydrogen (secondary N) is 3. The lowest BCUT2D eigenvalue weighted by atomic mass is 10.1. The van der Waals surface area contributed by atoms with Gasteiger partial charge < -0.3 is 5.32 Å². The van der Waals surface area contributed by atoms with Crippen molar-refractivity contribution in [3.05, 3.63) is 18.3 Å². The van der Waals surface area contributed by atoms with Crippen molar-refractivity contribution in [2.45, 2.75) is 30.7 Å². The molecule has 114 valence electrons. The van der Waals surface area contributed by atoms with Crippen LogP contribution < -0.4 is 15.4 Å². The molecule has 1 aromatic rings. The standard InChI is InChI=1S/C12H16N4O4S/c1-2-13-10-7-8(5-6-14-10)21(19,20)16-9-3-4-11(17)15-12(9)18/h5-7,9,16H,2-4H2,1H3,(H,13,14)(H,15,17,18). The number of pyridine rings is 1. The number of piperidine rings is 1. The molecule has 1 fully saturated rings. The van der Waals surface area contributed by atoms with Gasteiger partial charge in [-0.2, -0.15) is 4.72 Å². The molecule has 3 N–H and O–H groups in total. The minimum absolute atomic E-state index is 0.0122. The van der Waals surface area contributed by atoms with Gasteiger partial charge in [0, 0.05) is 25.2 Å². The van der Waals surface area contributed by atoms with Gasteiger partial charge in [-0.25, -0.2) is 13.4 Å². The molecule has 1 unspecified atom stereocenters. The number of anilines is 1. The molecule has 21 heavy (non-hydrogen) atoms. The molecular weight excluding hydrogens is 296 g/mol. The van der Waals surface area contributed by atoms with Crippen molar-refractivity contribution in [1.82, 2.24) is 15.0 Å². The van der Waals surface area contributed by atoms with Gasteiger partial charge in [-0.3, -0.25) is 14.9 Å². The molecule has 1 aliphatic heterocycles. The lowest BCUT2D eigenvalue weighted by Crippen LogP contribution is -2.52. The van der Waals surface area contributed by atoms with Gasteiger partial charge in [-0.05, 0) is 19.4 Å². The topological polar surface area (TPSA) is 117 Å². The fourth-order valence-electron chi connectivity index (χ4n) is 1.92. The molecule has 2 heterocycles. The first kappa shape index (κ1) is 15.4. The fourth-order valence-corrected chi connectivity index (χ4v) is 3.16. The van der Waals surface area contributed by atoms with Crippen LogP contribution in [-0.4, -0.2) is 37.8 Å². The average molecular weight is 312 g/mol. The number of hydrogen-bond acceptors (Lipinski definition) is 6. The Morgan fingerprint density at radius 2 is 2.19 bits per heavy atom. The molecule has 0 aliphatic carbocycles. The second-order valence-corrected chi connectivity index (χ2v) is 6.25. The molecular formula is C12H16N4O4S. The van der Waals surface area contributed by atoms with Crippen LogP contribution in [0.5, 0.6) is 0 Å². The number of imide groups is 1. The largest absolute Gasteiger partial charge is 0.370 e. The minimum Gasteiger partial charge on any atom is -0.370 e. The molecule has 1 atom stereocenters. The average Bonchev–Trinajstić information content (AvgIpc) is 2.43. The van der Waals surface area contributed by atoms with Crippen LogP contribution in [0.4, 0.5) is 5.82 Å². The summed E-state index contributed by atoms with van der Waals surface area (Å²) >= 11 is 0. The fraction of sp³-hybridized carbons (Fsp3) is 0.417. The lowest BCUT2D eigenvalue weighted by Gasteiger charge is -2.21. The molecule has 0 bridgehead atoms. The summed E-state index contributed by atoms with van der Waals surface area (Å²) in [5, 5.41) is 5.02. The van der Waals surface area contributed by atoms with Gasteiger partial charge in [0.25, 0.3) is 0 Å². The molecule has 2 amide bonds. The number of carbonyl (C=O) groups excluding carboxylic acids is 2. The first-order chi connectivity index (χ1) is 9.92. The molecule has 1 aliphatic rings. The van der Waals surface area contributed by atoms with E-state index in [1.807, 2.05) is 6.92 Å². The molecule has 0 radical (unpaired) electrons. The predicted octanol–water partition coefficient (Wildman–Crippen LogP) is -0.403. The second-order valence-electron chi connectivity index (χ2n) is 4.53. The lowest BCUT2D eigenvalue weighted by molar-refractivity contribution is -0.134. The van der Waals surface area contributed by atoms with E-state index in [0.717, 1.165) is 0 Å². The van der Waals surface area contributed by atoms with E-state index in [-0.39, 0.29) is 17.7 Å². The zero-order valence-electron chi connectivity index (χ0n) is 11.4. The Bertz CT molecular complexity index is 659. The minimum atomic E-state index is -3.85. The summed E-state index contributed by atoms with van der Waals surface area (Å²) in [6, 6.07) is 1.79. The number of amides is 2. The van der Waals surface area contributed by atoms with Gasteiger partial charge >= 0.3 is 0 Å². The van der Waals surface area contributed by atoms with Gasteiger partial charge in [0.1, 0.15) is 11.9 Å². The smallest absolute Gasteiger partial charge is 0.244 e. The third kappa shape index (κ3) is 3.76. The Hall–Kier alpha value is -2.00. The molecule has 0 spiro atoms. The van der Waals surface area contributed by atoms with Crippen molar-refractivity contribution in [2.24, 2.45) is 0 Å². The van der Waals surface area contributed by atoms with Crippen molar-refractivity contribution in [3.63, 3.8) is 0 Å². The highest BCUT2D eigenvalue weighted by atomic mass is 32.2. The van der Waals surface area contributed by atoms with Crippen LogP contribution in [-0.2, 0) is 19.6 Å². The van der Waals surface area contributed by atoms with Crippen molar-refractivity contribution >= 4 is 27.7 Å². The van der Waals surface area contributed by atoms with E-state index in [4.69, 9.17) is 0 Å². The maximum atomic E-state index is 12.3. The summed E-state index contributed by atoms with van der Waals surface area (Å²) in [7, 11) is -3.85. The molecule has 2 rings (SSSR count). The van der Waals surface area contributed by atoms with Crippen LogP contribution in [0, 0.1) is 0 Å². The van der Waals surface area contributed by atoms with Crippen LogP contribution in [0.15, 0.2) is 23.2 Å². The van der Waals surface area contributed by atoms with Crippen LogP contribution in [0.1, 0.15) is 19.8 Å². The van der Waals surface area contributed by atoms with Gasteiger partial charge in [-0.1, -0.05) is 0 Å². The SMILES string of the molecule is CCNc1cc(S(=O)(=O)NC2CCC(=O)NC2=O)ccn1. The highest BCUT2D eigenvalue weighted by molar-refractivity contribution is 7.89. The van der Waals surface area contributed by atoms with Crippen LogP contribution in [0.2, 0.25) is 0 Å². The van der Waals surface area contributed by atoms with E-state index >= 15 is 0 Å². The van der Waals surface area contributed by atoms with Crippen molar-refractivity contribution in [2.75, 3.05) is 11.9 Å². The quantitative estimate of drug-likeness (QED) is 0.637. The Morgan fingerprint density at radius 3 is 2.86 bits per heavy atom. The maximum absolute atomic E-state index is 12.3. The van der Waals surface area contributed by atoms with E-state index < -0.39 is 27.9 Å². The van der Waals surface area contributed by atoms with Crippen LogP contribution >= 0.6 is 0 Å². The summed E-state index contributed by atoms with van der Waals surface area (Å²) in [4.78, 5) is 26.6. The maximum Gasteiger partial charge on any atom is 0.244 e. The van der Waals surface area contributed by atoms with E-state index in [1.165, 1.54) is 18.3 Å². The summed E-state index contributed by atoms with van der Waals surface area (Å²) in [6.45, 7) is 2.47. The molecule has 1 saturated heterocycles. The third-order valence-electron chi connectivity index (χ3n) is 2.94. The van der Waals surface area contributed by atoms with Gasteiger partial charge in [0.2, 0.25) is 21.8 Å².